The number of nitriles is 1. The van der Waals surface area contributed by atoms with Gasteiger partial charge >= 0.3 is 0 Å². The third-order valence-corrected chi connectivity index (χ3v) is 6.43. The molecule has 1 aromatic rings. The van der Waals surface area contributed by atoms with Crippen LogP contribution in [0.3, 0.4) is 0 Å². The van der Waals surface area contributed by atoms with Crippen molar-refractivity contribution in [1.29, 1.82) is 5.26 Å². The van der Waals surface area contributed by atoms with Crippen LogP contribution in [0.4, 0.5) is 0 Å². The van der Waals surface area contributed by atoms with Gasteiger partial charge in [0.1, 0.15) is 0 Å². The molecular formula is C22H32N2. The Kier molecular flexibility index (Phi) is 5.95. The number of aryl methyl sites for hydroxylation is 1. The summed E-state index contributed by atoms with van der Waals surface area (Å²) in [5, 5.41) is 9.47. The Balaban J connectivity index is 1.48. The number of nitrogens with zero attached hydrogens (tertiary/aromatic N) is 2. The van der Waals surface area contributed by atoms with Crippen LogP contribution >= 0.6 is 0 Å². The molecule has 0 bridgehead atoms. The number of likely N-dealkylation sites (tertiary alicyclic amines) is 1. The highest BCUT2D eigenvalue weighted by molar-refractivity contribution is 5.45. The zero-order valence-electron chi connectivity index (χ0n) is 15.4. The lowest BCUT2D eigenvalue weighted by molar-refractivity contribution is 0.182. The average molecular weight is 325 g/mol. The molecule has 0 atom stereocenters. The molecule has 1 heterocycles. The summed E-state index contributed by atoms with van der Waals surface area (Å²) in [6, 6.07) is 8.78. The maximum atomic E-state index is 9.47. The number of hydrogen-bond acceptors (Lipinski definition) is 2. The van der Waals surface area contributed by atoms with Crippen LogP contribution in [-0.4, -0.2) is 24.5 Å². The fourth-order valence-corrected chi connectivity index (χ4v) is 4.63. The summed E-state index contributed by atoms with van der Waals surface area (Å²) in [7, 11) is 0. The van der Waals surface area contributed by atoms with E-state index in [1.807, 2.05) is 0 Å². The van der Waals surface area contributed by atoms with Crippen molar-refractivity contribution in [3.63, 3.8) is 0 Å². The molecule has 3 rings (SSSR count). The van der Waals surface area contributed by atoms with Crippen molar-refractivity contribution in [2.75, 3.05) is 19.6 Å². The van der Waals surface area contributed by atoms with Crippen LogP contribution in [0.25, 0.3) is 0 Å². The van der Waals surface area contributed by atoms with Crippen LogP contribution in [0.2, 0.25) is 0 Å². The molecule has 2 heteroatoms. The van der Waals surface area contributed by atoms with Crippen molar-refractivity contribution >= 4 is 0 Å². The largest absolute Gasteiger partial charge is 0.303 e. The van der Waals surface area contributed by atoms with Crippen LogP contribution in [-0.2, 0) is 0 Å². The Hall–Kier alpha value is -1.33. The van der Waals surface area contributed by atoms with Crippen LogP contribution in [0.5, 0.6) is 0 Å². The molecule has 1 aliphatic heterocycles. The summed E-state index contributed by atoms with van der Waals surface area (Å²) < 4.78 is 0. The lowest BCUT2D eigenvalue weighted by Crippen LogP contribution is -2.35. The fourth-order valence-electron chi connectivity index (χ4n) is 4.63. The van der Waals surface area contributed by atoms with E-state index in [1.54, 1.807) is 0 Å². The molecule has 0 amide bonds. The highest BCUT2D eigenvalue weighted by Gasteiger charge is 2.24. The smallest absolute Gasteiger partial charge is 0.0997 e. The molecule has 0 radical (unpaired) electrons. The van der Waals surface area contributed by atoms with Gasteiger partial charge < -0.3 is 4.90 Å². The monoisotopic (exact) mass is 324 g/mol. The molecule has 2 nitrogen and oxygen atoms in total. The van der Waals surface area contributed by atoms with Crippen LogP contribution in [0.1, 0.15) is 74.5 Å². The molecule has 24 heavy (non-hydrogen) atoms. The zero-order chi connectivity index (χ0) is 16.9. The van der Waals surface area contributed by atoms with Crippen molar-refractivity contribution in [1.82, 2.24) is 4.90 Å². The maximum absolute atomic E-state index is 9.47. The van der Waals surface area contributed by atoms with Crippen LogP contribution in [0.15, 0.2) is 18.2 Å². The summed E-state index contributed by atoms with van der Waals surface area (Å²) in [5.41, 5.74) is 3.34. The SMILES string of the molecule is Cc1cccc(C2CCN(CCC3CCC(C)CC3)CC2)c1C#N. The first-order valence-electron chi connectivity index (χ1n) is 9.89. The summed E-state index contributed by atoms with van der Waals surface area (Å²) in [6.07, 6.45) is 9.60. The molecular weight excluding hydrogens is 292 g/mol. The van der Waals surface area contributed by atoms with Gasteiger partial charge in [-0.05, 0) is 74.7 Å². The highest BCUT2D eigenvalue weighted by Crippen LogP contribution is 2.33. The van der Waals surface area contributed by atoms with Gasteiger partial charge in [0.15, 0.2) is 0 Å². The van der Waals surface area contributed by atoms with Gasteiger partial charge in [0.05, 0.1) is 11.6 Å². The number of piperidine rings is 1. The molecule has 2 aliphatic rings. The Labute approximate surface area is 147 Å². The molecule has 0 unspecified atom stereocenters. The van der Waals surface area contributed by atoms with Gasteiger partial charge in [-0.1, -0.05) is 50.8 Å². The van der Waals surface area contributed by atoms with E-state index >= 15 is 0 Å². The molecule has 2 fully saturated rings. The molecule has 130 valence electrons. The van der Waals surface area contributed by atoms with Crippen molar-refractivity contribution in [2.45, 2.75) is 64.7 Å². The van der Waals surface area contributed by atoms with Crippen molar-refractivity contribution in [2.24, 2.45) is 11.8 Å². The minimum atomic E-state index is 0.575. The van der Waals surface area contributed by atoms with Gasteiger partial charge in [-0.25, -0.2) is 0 Å². The molecule has 0 spiro atoms. The third kappa shape index (κ3) is 4.19. The van der Waals surface area contributed by atoms with Gasteiger partial charge in [0, 0.05) is 0 Å². The topological polar surface area (TPSA) is 27.0 Å². The average Bonchev–Trinajstić information content (AvgIpc) is 2.61. The van der Waals surface area contributed by atoms with Crippen LogP contribution < -0.4 is 0 Å². The summed E-state index contributed by atoms with van der Waals surface area (Å²) >= 11 is 0. The predicted molar refractivity (Wildman–Crippen MR) is 100 cm³/mol. The van der Waals surface area contributed by atoms with Gasteiger partial charge in [0.25, 0.3) is 0 Å². The first kappa shape index (κ1) is 17.5. The second-order valence-corrected chi connectivity index (χ2v) is 8.18. The minimum Gasteiger partial charge on any atom is -0.303 e. The van der Waals surface area contributed by atoms with Crippen LogP contribution in [0, 0.1) is 30.1 Å². The molecule has 0 N–H and O–H groups in total. The van der Waals surface area contributed by atoms with E-state index < -0.39 is 0 Å². The summed E-state index contributed by atoms with van der Waals surface area (Å²) in [6.45, 7) is 8.15. The standard InChI is InChI=1S/C22H32N2/c1-17-6-8-19(9-7-17)10-13-24-14-11-20(12-15-24)21-5-3-4-18(2)22(21)16-23/h3-5,17,19-20H,6-15H2,1-2H3. The van der Waals surface area contributed by atoms with E-state index in [2.05, 4.69) is 43.0 Å². The Morgan fingerprint density at radius 1 is 1.08 bits per heavy atom. The zero-order valence-corrected chi connectivity index (χ0v) is 15.4. The van der Waals surface area contributed by atoms with Gasteiger partial charge in [-0.15, -0.1) is 0 Å². The summed E-state index contributed by atoms with van der Waals surface area (Å²) in [4.78, 5) is 2.66. The molecule has 1 saturated heterocycles. The third-order valence-electron chi connectivity index (χ3n) is 6.43. The van der Waals surface area contributed by atoms with Gasteiger partial charge in [-0.2, -0.15) is 5.26 Å². The van der Waals surface area contributed by atoms with E-state index in [-0.39, 0.29) is 0 Å². The Bertz CT molecular complexity index is 570. The number of hydrogen-bond donors (Lipinski definition) is 0. The molecule has 1 aromatic carbocycles. The van der Waals surface area contributed by atoms with Gasteiger partial charge in [-0.3, -0.25) is 0 Å². The Morgan fingerprint density at radius 3 is 2.46 bits per heavy atom. The quantitative estimate of drug-likeness (QED) is 0.755. The first-order valence-corrected chi connectivity index (χ1v) is 9.89. The minimum absolute atomic E-state index is 0.575. The van der Waals surface area contributed by atoms with E-state index in [1.165, 1.54) is 70.1 Å². The Morgan fingerprint density at radius 2 is 1.79 bits per heavy atom. The van der Waals surface area contributed by atoms with Gasteiger partial charge in [0.2, 0.25) is 0 Å². The number of benzene rings is 1. The highest BCUT2D eigenvalue weighted by atomic mass is 15.1. The van der Waals surface area contributed by atoms with E-state index in [0.717, 1.165) is 23.0 Å². The fraction of sp³-hybridized carbons (Fsp3) is 0.682. The lowest BCUT2D eigenvalue weighted by atomic mass is 9.81. The first-order chi connectivity index (χ1) is 11.7. The van der Waals surface area contributed by atoms with Crippen molar-refractivity contribution < 1.29 is 0 Å². The van der Waals surface area contributed by atoms with E-state index in [0.29, 0.717) is 5.92 Å². The van der Waals surface area contributed by atoms with E-state index in [4.69, 9.17) is 0 Å². The second-order valence-electron chi connectivity index (χ2n) is 8.18. The molecule has 1 saturated carbocycles. The molecule has 1 aliphatic carbocycles. The normalized spacial score (nSPS) is 26.2. The maximum Gasteiger partial charge on any atom is 0.0997 e. The summed E-state index contributed by atoms with van der Waals surface area (Å²) in [5.74, 6) is 2.51. The predicted octanol–water partition coefficient (Wildman–Crippen LogP) is 5.26. The number of rotatable bonds is 4. The van der Waals surface area contributed by atoms with Crippen molar-refractivity contribution in [3.8, 4) is 6.07 Å². The molecule has 0 aromatic heterocycles. The van der Waals surface area contributed by atoms with Crippen molar-refractivity contribution in [3.05, 3.63) is 34.9 Å². The lowest BCUT2D eigenvalue weighted by Gasteiger charge is -2.34. The second kappa shape index (κ2) is 8.17. The van der Waals surface area contributed by atoms with E-state index in [9.17, 15) is 5.26 Å².